The van der Waals surface area contributed by atoms with Crippen molar-refractivity contribution in [2.45, 2.75) is 88.0 Å². The number of hydrogen-bond acceptors (Lipinski definition) is 13. The minimum atomic E-state index is -1.59. The second-order valence-electron chi connectivity index (χ2n) is 11.7. The number of benzene rings is 1. The second-order valence-corrected chi connectivity index (χ2v) is 11.7. The number of likely N-dealkylation sites (tertiary alicyclic amines) is 1. The molecular formula is C30H35NO12. The summed E-state index contributed by atoms with van der Waals surface area (Å²) in [6, 6.07) is 3.90. The number of carbonyl (C=O) groups is 4. The first kappa shape index (κ1) is 29.4. The first-order valence-corrected chi connectivity index (χ1v) is 14.3. The highest BCUT2D eigenvalue weighted by atomic mass is 16.7. The second kappa shape index (κ2) is 10.8. The summed E-state index contributed by atoms with van der Waals surface area (Å²) in [4.78, 5) is 51.6. The maximum absolute atomic E-state index is 12.8. The molecule has 0 unspecified atom stereocenters. The average Bonchev–Trinajstić information content (AvgIpc) is 3.30. The molecule has 1 aromatic rings. The van der Waals surface area contributed by atoms with E-state index in [1.54, 1.807) is 12.1 Å². The fourth-order valence-corrected chi connectivity index (χ4v) is 7.62. The van der Waals surface area contributed by atoms with Crippen LogP contribution in [-0.2, 0) is 54.7 Å². The van der Waals surface area contributed by atoms with Crippen molar-refractivity contribution in [2.75, 3.05) is 20.7 Å². The van der Waals surface area contributed by atoms with Crippen LogP contribution in [0.1, 0.15) is 38.3 Å². The third-order valence-electron chi connectivity index (χ3n) is 9.21. The number of nitrogens with zero attached hydrogens (tertiary/aromatic N) is 1. The average molecular weight is 602 g/mol. The van der Waals surface area contributed by atoms with Crippen LogP contribution in [0.3, 0.4) is 0 Å². The van der Waals surface area contributed by atoms with Gasteiger partial charge in [0.25, 0.3) is 0 Å². The topological polar surface area (TPSA) is 156 Å². The summed E-state index contributed by atoms with van der Waals surface area (Å²) < 4.78 is 40.0. The fraction of sp³-hybridized carbons (Fsp3) is 0.600. The van der Waals surface area contributed by atoms with E-state index >= 15 is 0 Å². The first-order chi connectivity index (χ1) is 20.5. The quantitative estimate of drug-likeness (QED) is 0.274. The predicted octanol–water partition coefficient (Wildman–Crippen LogP) is 0.564. The number of ether oxygens (including phenoxy) is 7. The number of piperidine rings is 1. The maximum Gasteiger partial charge on any atom is 0.339 e. The molecule has 2 saturated heterocycles. The van der Waals surface area contributed by atoms with Crippen molar-refractivity contribution in [3.63, 3.8) is 0 Å². The Labute approximate surface area is 247 Å². The Morgan fingerprint density at radius 2 is 1.65 bits per heavy atom. The Hall–Kier alpha value is -3.68. The van der Waals surface area contributed by atoms with Gasteiger partial charge in [0, 0.05) is 43.7 Å². The first-order valence-electron chi connectivity index (χ1n) is 14.3. The van der Waals surface area contributed by atoms with E-state index in [1.165, 1.54) is 0 Å². The highest BCUT2D eigenvalue weighted by molar-refractivity contribution is 5.77. The zero-order valence-corrected chi connectivity index (χ0v) is 24.5. The number of carbonyl (C=O) groups excluding carboxylic acids is 4. The van der Waals surface area contributed by atoms with E-state index in [-0.39, 0.29) is 17.7 Å². The highest BCUT2D eigenvalue weighted by Crippen LogP contribution is 2.62. The largest absolute Gasteiger partial charge is 0.482 e. The van der Waals surface area contributed by atoms with Crippen molar-refractivity contribution in [2.24, 2.45) is 5.92 Å². The lowest BCUT2D eigenvalue weighted by atomic mass is 9.53. The molecule has 13 heteroatoms. The lowest BCUT2D eigenvalue weighted by Crippen LogP contribution is -2.64. The Morgan fingerprint density at radius 1 is 0.977 bits per heavy atom. The molecule has 43 heavy (non-hydrogen) atoms. The SMILES string of the molecule is COC(=O)[C@H]1O[C@@H](Oc2ccc3c4c2O[C@H]2[C@@H](O)C=C[C@H]5[C@H](C3)N(C)CC[C@@]452)[C@H](OC(C)=O)[C@@H](OC(C)=O)[C@@H]1OC(C)=O. The van der Waals surface area contributed by atoms with Gasteiger partial charge in [-0.3, -0.25) is 14.4 Å². The molecule has 1 N–H and O–H groups in total. The Balaban J connectivity index is 1.42. The van der Waals surface area contributed by atoms with Crippen LogP contribution in [0.25, 0.3) is 0 Å². The van der Waals surface area contributed by atoms with Crippen LogP contribution in [0.2, 0.25) is 0 Å². The van der Waals surface area contributed by atoms with Gasteiger partial charge in [-0.05, 0) is 38.1 Å². The summed E-state index contributed by atoms with van der Waals surface area (Å²) in [7, 11) is 3.23. The van der Waals surface area contributed by atoms with E-state index in [9.17, 15) is 24.3 Å². The fourth-order valence-electron chi connectivity index (χ4n) is 7.62. The van der Waals surface area contributed by atoms with Gasteiger partial charge in [-0.1, -0.05) is 18.2 Å². The van der Waals surface area contributed by atoms with Crippen molar-refractivity contribution in [3.8, 4) is 11.5 Å². The van der Waals surface area contributed by atoms with Crippen LogP contribution in [0.4, 0.5) is 0 Å². The zero-order valence-electron chi connectivity index (χ0n) is 24.5. The van der Waals surface area contributed by atoms with Gasteiger partial charge >= 0.3 is 23.9 Å². The van der Waals surface area contributed by atoms with E-state index in [0.29, 0.717) is 5.75 Å². The normalized spacial score (nSPS) is 36.9. The Bertz CT molecular complexity index is 1380. The lowest BCUT2D eigenvalue weighted by molar-refractivity contribution is -0.282. The maximum atomic E-state index is 12.8. The molecule has 2 aliphatic carbocycles. The number of likely N-dealkylation sites (N-methyl/N-ethyl adjacent to an activating group) is 1. The molecule has 2 fully saturated rings. The van der Waals surface area contributed by atoms with Crippen LogP contribution in [0.5, 0.6) is 11.5 Å². The van der Waals surface area contributed by atoms with Gasteiger partial charge in [-0.15, -0.1) is 0 Å². The molecule has 5 aliphatic rings. The Morgan fingerprint density at radius 3 is 2.33 bits per heavy atom. The van der Waals surface area contributed by atoms with Crippen molar-refractivity contribution in [1.29, 1.82) is 0 Å². The number of esters is 4. The summed E-state index contributed by atoms with van der Waals surface area (Å²) in [5.74, 6) is -2.49. The van der Waals surface area contributed by atoms with Crippen LogP contribution in [0, 0.1) is 5.92 Å². The van der Waals surface area contributed by atoms with E-state index in [2.05, 4.69) is 18.0 Å². The third-order valence-corrected chi connectivity index (χ3v) is 9.21. The number of rotatable bonds is 6. The predicted molar refractivity (Wildman–Crippen MR) is 144 cm³/mol. The van der Waals surface area contributed by atoms with Crippen molar-refractivity contribution in [1.82, 2.24) is 4.90 Å². The molecule has 10 atom stereocenters. The summed E-state index contributed by atoms with van der Waals surface area (Å²) in [5, 5.41) is 11.1. The molecule has 0 radical (unpaired) electrons. The molecule has 2 bridgehead atoms. The van der Waals surface area contributed by atoms with Crippen LogP contribution in [-0.4, -0.2) is 104 Å². The van der Waals surface area contributed by atoms with Gasteiger partial charge in [0.1, 0.15) is 12.2 Å². The highest BCUT2D eigenvalue weighted by Gasteiger charge is 2.64. The molecule has 3 aliphatic heterocycles. The van der Waals surface area contributed by atoms with Crippen LogP contribution in [0.15, 0.2) is 24.3 Å². The molecule has 0 aromatic heterocycles. The molecule has 1 aromatic carbocycles. The van der Waals surface area contributed by atoms with Crippen LogP contribution >= 0.6 is 0 Å². The van der Waals surface area contributed by atoms with Crippen molar-refractivity contribution >= 4 is 23.9 Å². The number of aliphatic hydroxyl groups excluding tert-OH is 1. The van der Waals surface area contributed by atoms with Gasteiger partial charge in [-0.25, -0.2) is 4.79 Å². The van der Waals surface area contributed by atoms with Gasteiger partial charge in [-0.2, -0.15) is 0 Å². The third kappa shape index (κ3) is 4.64. The minimum Gasteiger partial charge on any atom is -0.482 e. The smallest absolute Gasteiger partial charge is 0.339 e. The lowest BCUT2D eigenvalue weighted by Gasteiger charge is -2.56. The number of hydrogen-bond donors (Lipinski definition) is 1. The van der Waals surface area contributed by atoms with Gasteiger partial charge in [0.05, 0.1) is 7.11 Å². The summed E-state index contributed by atoms with van der Waals surface area (Å²) in [6.45, 7) is 4.20. The molecule has 232 valence electrons. The van der Waals surface area contributed by atoms with Crippen LogP contribution < -0.4 is 9.47 Å². The number of methoxy groups -OCH3 is 1. The summed E-state index contributed by atoms with van der Waals surface area (Å²) in [6.07, 6.45) is -3.51. The molecule has 6 rings (SSSR count). The molecule has 3 heterocycles. The molecule has 1 spiro atoms. The molecule has 0 amide bonds. The van der Waals surface area contributed by atoms with E-state index < -0.39 is 72.2 Å². The van der Waals surface area contributed by atoms with E-state index in [4.69, 9.17) is 33.2 Å². The zero-order chi connectivity index (χ0) is 30.8. The van der Waals surface area contributed by atoms with Crippen molar-refractivity contribution in [3.05, 3.63) is 35.4 Å². The summed E-state index contributed by atoms with van der Waals surface area (Å²) in [5.41, 5.74) is 1.58. The van der Waals surface area contributed by atoms with Gasteiger partial charge < -0.3 is 43.2 Å². The van der Waals surface area contributed by atoms with Gasteiger partial charge in [0.2, 0.25) is 12.4 Å². The van der Waals surface area contributed by atoms with E-state index in [0.717, 1.165) is 58.4 Å². The van der Waals surface area contributed by atoms with Gasteiger partial charge in [0.15, 0.2) is 29.8 Å². The number of aliphatic hydroxyl groups is 1. The Kier molecular flexibility index (Phi) is 7.38. The molecule has 0 saturated carbocycles. The monoisotopic (exact) mass is 601 g/mol. The summed E-state index contributed by atoms with van der Waals surface area (Å²) >= 11 is 0. The minimum absolute atomic E-state index is 0.116. The molecular weight excluding hydrogens is 566 g/mol. The standard InChI is InChI=1S/C30H35NO12/c1-13(32)38-23-24(39-14(2)33)26(40-15(3)34)29(43-25(23)28(36)37-5)41-20-9-6-16-12-18-17-7-8-19(35)27-30(17,10-11-31(18)4)21(16)22(20)42-27/h6-9,17-19,23-27,29,35H,10-12H2,1-5H3/t17-,18-,19-,23-,24-,25-,26+,27-,29+,30-/m0/s1. The molecule has 13 nitrogen and oxygen atoms in total. The van der Waals surface area contributed by atoms with E-state index in [1.807, 2.05) is 6.07 Å². The van der Waals surface area contributed by atoms with Crippen molar-refractivity contribution < 1.29 is 57.4 Å².